The lowest BCUT2D eigenvalue weighted by molar-refractivity contribution is -0.126. The van der Waals surface area contributed by atoms with Crippen molar-refractivity contribution < 1.29 is 33.4 Å². The van der Waals surface area contributed by atoms with Gasteiger partial charge in [-0.25, -0.2) is 4.79 Å². The third kappa shape index (κ3) is 15.6. The molecule has 7 rings (SSSR count). The lowest BCUT2D eigenvalue weighted by Gasteiger charge is -2.34. The van der Waals surface area contributed by atoms with E-state index in [1.54, 1.807) is 61.3 Å². The maximum atomic E-state index is 13.8. The summed E-state index contributed by atoms with van der Waals surface area (Å²) in [7, 11) is 8.51. The number of aromatic amines is 1. The molecule has 22 nitrogen and oxygen atoms in total. The molecule has 1 saturated heterocycles. The summed E-state index contributed by atoms with van der Waals surface area (Å²) in [4.78, 5) is 88.2. The number of piperidine rings is 1. The Balaban J connectivity index is 0.766. The number of nitrogens with one attached hydrogen (secondary N) is 7. The average molecular weight is 1130 g/mol. The standard InChI is InChI=1S/C58H77ClN14O8/c1-36(59)51(64-42-30-40-31-46(81-35-48(75)61-4)55(78)71(7)49(40)45(32-42)80-8)67-56(60)72-28-25-39(26-29-72)53(76)62-27-17-12-10-9-11-16-20-47(74)63-41-23-21-38(22-24-41)54(77)66-52-43-33-73(58(2,3)50(43)68-69-52)57(79)65-44(34-70(5)6)37-18-14-13-15-19-37/h13-15,18-19,21-24,30-32,39,44,64H,9-12,16-17,20,25-29,33-35H2,1-8H3,(H2,60,67)(H,61,75)(H,62,76)(H,63,74)(H,65,79)(H2,66,68,69,77)/b51-36+/t44-/m1/s1. The number of allylic oxidation sites excluding steroid dienone is 1. The van der Waals surface area contributed by atoms with Crippen molar-refractivity contribution in [3.05, 3.63) is 116 Å². The van der Waals surface area contributed by atoms with E-state index >= 15 is 0 Å². The highest BCUT2D eigenvalue weighted by Crippen LogP contribution is 2.41. The fourth-order valence-electron chi connectivity index (χ4n) is 10.0. The lowest BCUT2D eigenvalue weighted by atomic mass is 9.96. The van der Waals surface area contributed by atoms with Crippen LogP contribution in [0.1, 0.15) is 112 Å². The molecule has 0 aliphatic carbocycles. The number of carbonyl (C=O) groups excluding carboxylic acids is 5. The van der Waals surface area contributed by atoms with E-state index in [1.165, 1.54) is 18.7 Å². The summed E-state index contributed by atoms with van der Waals surface area (Å²) in [5.41, 5.74) is 9.93. The SMILES string of the molecule is CNC(=O)COc1cc2cc(NC(/N=C(\N)N3CCC(C(=O)NCCCCCCCCC(=O)Nc4ccc(C(=O)Nc5n[nH]c6c5CN(C(=O)N[C@H](CN(C)C)c5ccccc5)C6(C)C)cc4)CC3)=C(/C)Cl)cc(OC)c2n(C)c1=O. The Bertz CT molecular complexity index is 3160. The smallest absolute Gasteiger partial charge is 0.319 e. The largest absolute Gasteiger partial charge is 0.494 e. The van der Waals surface area contributed by atoms with Gasteiger partial charge < -0.3 is 66.4 Å². The van der Waals surface area contributed by atoms with Crippen molar-refractivity contribution in [3.8, 4) is 11.5 Å². The zero-order valence-electron chi connectivity index (χ0n) is 47.6. The molecular formula is C58H77ClN14O8. The number of H-pyrrole nitrogens is 1. The second-order valence-corrected chi connectivity index (χ2v) is 21.7. The number of anilines is 3. The first kappa shape index (κ1) is 60.5. The summed E-state index contributed by atoms with van der Waals surface area (Å²) < 4.78 is 12.6. The first-order chi connectivity index (χ1) is 38.8. The maximum absolute atomic E-state index is 13.8. The van der Waals surface area contributed by atoms with Crippen LogP contribution in [0.3, 0.4) is 0 Å². The van der Waals surface area contributed by atoms with Crippen molar-refractivity contribution in [2.24, 2.45) is 23.7 Å². The molecule has 0 unspecified atom stereocenters. The van der Waals surface area contributed by atoms with E-state index in [0.29, 0.717) is 95.7 Å². The molecule has 3 aromatic carbocycles. The Morgan fingerprint density at radius 1 is 0.901 bits per heavy atom. The van der Waals surface area contributed by atoms with Crippen molar-refractivity contribution in [1.29, 1.82) is 0 Å². The molecule has 2 aromatic heterocycles. The van der Waals surface area contributed by atoms with Crippen LogP contribution < -0.4 is 52.7 Å². The number of amides is 6. The van der Waals surface area contributed by atoms with Gasteiger partial charge in [-0.1, -0.05) is 67.6 Å². The van der Waals surface area contributed by atoms with Crippen molar-refractivity contribution >= 4 is 75.3 Å². The van der Waals surface area contributed by atoms with Crippen LogP contribution in [0.4, 0.5) is 22.0 Å². The second-order valence-electron chi connectivity index (χ2n) is 21.2. The Hall–Kier alpha value is -8.11. The zero-order chi connectivity index (χ0) is 58.4. The number of hydrogen-bond donors (Lipinski definition) is 8. The molecule has 2 aliphatic rings. The number of likely N-dealkylation sites (N-methyl/N-ethyl adjacent to an activating group) is 2. The van der Waals surface area contributed by atoms with Gasteiger partial charge >= 0.3 is 6.03 Å². The number of aromatic nitrogens is 3. The van der Waals surface area contributed by atoms with E-state index in [2.05, 4.69) is 47.1 Å². The molecule has 434 valence electrons. The van der Waals surface area contributed by atoms with Crippen LogP contribution in [0, 0.1) is 5.92 Å². The van der Waals surface area contributed by atoms with Gasteiger partial charge in [0.05, 0.1) is 41.5 Å². The van der Waals surface area contributed by atoms with Gasteiger partial charge in [0.1, 0.15) is 11.6 Å². The number of unbranched alkanes of at least 4 members (excludes halogenated alkanes) is 5. The number of nitrogens with zero attached hydrogens (tertiary/aromatic N) is 6. The molecule has 5 aromatic rings. The molecule has 0 spiro atoms. The van der Waals surface area contributed by atoms with Gasteiger partial charge in [0, 0.05) is 86.6 Å². The number of hydrogen-bond acceptors (Lipinski definition) is 12. The third-order valence-corrected chi connectivity index (χ3v) is 14.8. The van der Waals surface area contributed by atoms with Crippen molar-refractivity contribution in [2.45, 2.75) is 96.7 Å². The molecule has 9 N–H and O–H groups in total. The van der Waals surface area contributed by atoms with E-state index in [9.17, 15) is 28.8 Å². The minimum Gasteiger partial charge on any atom is -0.494 e. The number of guanidine groups is 1. The summed E-state index contributed by atoms with van der Waals surface area (Å²) in [6.45, 7) is 7.81. The molecule has 1 fully saturated rings. The van der Waals surface area contributed by atoms with Crippen LogP contribution >= 0.6 is 11.6 Å². The number of ether oxygens (including phenoxy) is 2. The fourth-order valence-corrected chi connectivity index (χ4v) is 10.1. The lowest BCUT2D eigenvalue weighted by Crippen LogP contribution is -2.48. The van der Waals surface area contributed by atoms with Gasteiger partial charge in [-0.15, -0.1) is 0 Å². The molecule has 81 heavy (non-hydrogen) atoms. The Morgan fingerprint density at radius 3 is 2.26 bits per heavy atom. The maximum Gasteiger partial charge on any atom is 0.319 e. The Morgan fingerprint density at radius 2 is 1.59 bits per heavy atom. The molecule has 0 radical (unpaired) electrons. The van der Waals surface area contributed by atoms with Crippen molar-refractivity contribution in [2.75, 3.05) is 77.0 Å². The van der Waals surface area contributed by atoms with E-state index in [0.717, 1.165) is 55.3 Å². The average Bonchev–Trinajstić information content (AvgIpc) is 3.38. The summed E-state index contributed by atoms with van der Waals surface area (Å²) >= 11 is 6.51. The highest BCUT2D eigenvalue weighted by Gasteiger charge is 2.44. The quantitative estimate of drug-likeness (QED) is 0.0175. The van der Waals surface area contributed by atoms with Crippen LogP contribution in [0.5, 0.6) is 11.5 Å². The summed E-state index contributed by atoms with van der Waals surface area (Å²) in [6, 6.07) is 21.2. The zero-order valence-corrected chi connectivity index (χ0v) is 48.4. The van der Waals surface area contributed by atoms with E-state index < -0.39 is 11.1 Å². The molecule has 0 bridgehead atoms. The number of pyridine rings is 1. The number of aryl methyl sites for hydroxylation is 1. The van der Waals surface area contributed by atoms with Gasteiger partial charge in [0.2, 0.25) is 11.8 Å². The van der Waals surface area contributed by atoms with E-state index in [-0.39, 0.29) is 66.5 Å². The monoisotopic (exact) mass is 1130 g/mol. The van der Waals surface area contributed by atoms with Crippen LogP contribution in [-0.2, 0) is 33.5 Å². The normalized spacial score (nSPS) is 14.9. The molecule has 23 heteroatoms. The van der Waals surface area contributed by atoms with Crippen LogP contribution in [0.2, 0.25) is 0 Å². The first-order valence-corrected chi connectivity index (χ1v) is 27.8. The first-order valence-electron chi connectivity index (χ1n) is 27.4. The summed E-state index contributed by atoms with van der Waals surface area (Å²) in [6.07, 6.45) is 7.05. The van der Waals surface area contributed by atoms with Gasteiger partial charge in [0.15, 0.2) is 24.1 Å². The third-order valence-electron chi connectivity index (χ3n) is 14.7. The highest BCUT2D eigenvalue weighted by molar-refractivity contribution is 6.29. The number of carbonyl (C=O) groups is 5. The molecule has 6 amide bonds. The van der Waals surface area contributed by atoms with Gasteiger partial charge in [-0.3, -0.25) is 29.1 Å². The van der Waals surface area contributed by atoms with Crippen molar-refractivity contribution in [3.63, 3.8) is 0 Å². The Kier molecular flexibility index (Phi) is 20.8. The molecule has 4 heterocycles. The fraction of sp³-hybridized carbons (Fsp3) is 0.448. The minimum absolute atomic E-state index is 0.00159. The minimum atomic E-state index is -0.711. The van der Waals surface area contributed by atoms with Gasteiger partial charge in [-0.2, -0.15) is 10.1 Å². The number of methoxy groups -OCH3 is 1. The van der Waals surface area contributed by atoms with E-state index in [4.69, 9.17) is 26.8 Å². The molecule has 1 atom stereocenters. The molecule has 2 aliphatic heterocycles. The van der Waals surface area contributed by atoms with Crippen LogP contribution in [0.25, 0.3) is 10.9 Å². The predicted octanol–water partition coefficient (Wildman–Crippen LogP) is 7.06. The predicted molar refractivity (Wildman–Crippen MR) is 315 cm³/mol. The van der Waals surface area contributed by atoms with Crippen molar-refractivity contribution in [1.82, 2.24) is 45.4 Å². The second kappa shape index (κ2) is 27.9. The van der Waals surface area contributed by atoms with Gasteiger partial charge in [0.25, 0.3) is 17.4 Å². The number of aliphatic imine (C=N–C) groups is 1. The van der Waals surface area contributed by atoms with Gasteiger partial charge in [-0.05, 0) is 103 Å². The number of halogens is 1. The number of nitrogens with two attached hydrogens (primary N) is 1. The summed E-state index contributed by atoms with van der Waals surface area (Å²) in [5.74, 6) is 0.371. The highest BCUT2D eigenvalue weighted by atomic mass is 35.5. The number of fused-ring (bicyclic) bond motifs is 2. The van der Waals surface area contributed by atoms with Crippen LogP contribution in [0.15, 0.2) is 93.4 Å². The number of likely N-dealkylation sites (tertiary alicyclic amines) is 1. The number of rotatable bonds is 24. The molecule has 0 saturated carbocycles. The number of urea groups is 1. The summed E-state index contributed by atoms with van der Waals surface area (Å²) in [5, 5.41) is 26.2. The molecular weight excluding hydrogens is 1060 g/mol. The van der Waals surface area contributed by atoms with E-state index in [1.807, 2.05) is 68.1 Å². The number of benzene rings is 3. The Labute approximate surface area is 477 Å². The topological polar surface area (TPSA) is 275 Å². The van der Waals surface area contributed by atoms with Crippen LogP contribution in [-0.4, -0.2) is 126 Å².